The van der Waals surface area contributed by atoms with Crippen molar-refractivity contribution in [1.82, 2.24) is 15.0 Å². The van der Waals surface area contributed by atoms with Crippen molar-refractivity contribution in [3.63, 3.8) is 0 Å². The first-order valence-electron chi connectivity index (χ1n) is 7.43. The Morgan fingerprint density at radius 1 is 1.07 bits per heavy atom. The molecular formula is C16H12F5N3O2S. The van der Waals surface area contributed by atoms with Crippen LogP contribution in [0.3, 0.4) is 0 Å². The van der Waals surface area contributed by atoms with Gasteiger partial charge in [-0.3, -0.25) is 4.98 Å². The van der Waals surface area contributed by atoms with Crippen LogP contribution in [-0.2, 0) is 5.75 Å². The lowest BCUT2D eigenvalue weighted by molar-refractivity contribution is -0.360. The van der Waals surface area contributed by atoms with Gasteiger partial charge in [-0.15, -0.1) is 0 Å². The van der Waals surface area contributed by atoms with Gasteiger partial charge < -0.3 is 14.5 Å². The number of hydrogen-bond donors (Lipinski definition) is 1. The fourth-order valence-electron chi connectivity index (χ4n) is 2.11. The van der Waals surface area contributed by atoms with Gasteiger partial charge in [-0.25, -0.2) is 4.98 Å². The lowest BCUT2D eigenvalue weighted by atomic mass is 10.3. The van der Waals surface area contributed by atoms with Crippen molar-refractivity contribution in [3.8, 4) is 11.5 Å². The number of pyridine rings is 1. The summed E-state index contributed by atoms with van der Waals surface area (Å²) in [7, 11) is 1.54. The second-order valence-electron chi connectivity index (χ2n) is 5.31. The molecule has 0 aliphatic carbocycles. The van der Waals surface area contributed by atoms with E-state index in [1.165, 1.54) is 24.9 Å². The van der Waals surface area contributed by atoms with Crippen molar-refractivity contribution in [3.05, 3.63) is 42.2 Å². The third kappa shape index (κ3) is 4.41. The minimum atomic E-state index is -5.80. The molecule has 1 N–H and O–H groups in total. The maximum atomic E-state index is 13.0. The van der Waals surface area contributed by atoms with Crippen LogP contribution in [0, 0.1) is 0 Å². The topological polar surface area (TPSA) is 60.0 Å². The van der Waals surface area contributed by atoms with E-state index in [1.54, 1.807) is 18.3 Å². The number of halogens is 5. The first kappa shape index (κ1) is 19.2. The number of hydrogen-bond acceptors (Lipinski definition) is 5. The molecule has 0 bridgehead atoms. The highest BCUT2D eigenvalue weighted by Crippen LogP contribution is 2.38. The predicted molar refractivity (Wildman–Crippen MR) is 88.1 cm³/mol. The standard InChI is InChI=1S/C16H12F5N3O2S/c1-25-10-4-5-22-9(6-10)8-27-14-23-12-3-2-11(7-13(12)24-14)26-16(20,21)15(17,18)19/h2-7H,8H2,1H3,(H,23,24). The van der Waals surface area contributed by atoms with Crippen LogP contribution < -0.4 is 9.47 Å². The Hall–Kier alpha value is -2.56. The number of fused-ring (bicyclic) bond motifs is 1. The van der Waals surface area contributed by atoms with Gasteiger partial charge in [-0.05, 0) is 18.2 Å². The van der Waals surface area contributed by atoms with E-state index in [2.05, 4.69) is 19.7 Å². The summed E-state index contributed by atoms with van der Waals surface area (Å²) in [6.45, 7) is 0. The largest absolute Gasteiger partial charge is 0.499 e. The third-order valence-corrected chi connectivity index (χ3v) is 4.30. The minimum absolute atomic E-state index is 0.270. The van der Waals surface area contributed by atoms with E-state index in [-0.39, 0.29) is 5.52 Å². The molecule has 2 aromatic heterocycles. The molecule has 3 rings (SSSR count). The first-order chi connectivity index (χ1) is 12.7. The molecule has 11 heteroatoms. The van der Waals surface area contributed by atoms with Crippen molar-refractivity contribution in [2.45, 2.75) is 23.2 Å². The fourth-order valence-corrected chi connectivity index (χ4v) is 2.89. The molecule has 1 aromatic carbocycles. The summed E-state index contributed by atoms with van der Waals surface area (Å²) in [5, 5.41) is 0.453. The summed E-state index contributed by atoms with van der Waals surface area (Å²) in [6, 6.07) is 6.78. The highest BCUT2D eigenvalue weighted by Gasteiger charge is 2.61. The van der Waals surface area contributed by atoms with Gasteiger partial charge in [0.15, 0.2) is 5.16 Å². The lowest BCUT2D eigenvalue weighted by Gasteiger charge is -2.19. The van der Waals surface area contributed by atoms with Gasteiger partial charge >= 0.3 is 12.3 Å². The molecule has 0 aliphatic rings. The van der Waals surface area contributed by atoms with Crippen LogP contribution in [-0.4, -0.2) is 34.3 Å². The summed E-state index contributed by atoms with van der Waals surface area (Å²) < 4.78 is 71.6. The summed E-state index contributed by atoms with van der Waals surface area (Å²) in [5.41, 5.74) is 1.40. The van der Waals surface area contributed by atoms with E-state index >= 15 is 0 Å². The summed E-state index contributed by atoms with van der Waals surface area (Å²) in [5.74, 6) is 0.476. The van der Waals surface area contributed by atoms with Crippen LogP contribution in [0.25, 0.3) is 11.0 Å². The van der Waals surface area contributed by atoms with Crippen LogP contribution in [0.5, 0.6) is 11.5 Å². The third-order valence-electron chi connectivity index (χ3n) is 3.39. The number of benzene rings is 1. The van der Waals surface area contributed by atoms with Crippen molar-refractivity contribution in [2.24, 2.45) is 0 Å². The maximum Gasteiger partial charge on any atom is 0.499 e. The minimum Gasteiger partial charge on any atom is -0.497 e. The SMILES string of the molecule is COc1ccnc(CSc2nc3ccc(OC(F)(F)C(F)(F)F)cc3[nH]2)c1. The van der Waals surface area contributed by atoms with E-state index in [1.807, 2.05) is 0 Å². The van der Waals surface area contributed by atoms with Crippen LogP contribution in [0.4, 0.5) is 22.0 Å². The van der Waals surface area contributed by atoms with Gasteiger partial charge in [-0.2, -0.15) is 22.0 Å². The van der Waals surface area contributed by atoms with E-state index in [4.69, 9.17) is 4.74 Å². The predicted octanol–water partition coefficient (Wildman–Crippen LogP) is 4.79. The van der Waals surface area contributed by atoms with Gasteiger partial charge in [-0.1, -0.05) is 11.8 Å². The zero-order valence-corrected chi connectivity index (χ0v) is 14.5. The molecule has 0 fully saturated rings. The van der Waals surface area contributed by atoms with Crippen molar-refractivity contribution >= 4 is 22.8 Å². The Kier molecular flexibility index (Phi) is 5.13. The first-order valence-corrected chi connectivity index (χ1v) is 8.41. The number of aromatic amines is 1. The molecular weight excluding hydrogens is 393 g/mol. The molecule has 0 atom stereocenters. The summed E-state index contributed by atoms with van der Waals surface area (Å²) >= 11 is 1.29. The molecule has 144 valence electrons. The van der Waals surface area contributed by atoms with Gasteiger partial charge in [0.05, 0.1) is 23.8 Å². The van der Waals surface area contributed by atoms with E-state index in [0.717, 1.165) is 17.8 Å². The smallest absolute Gasteiger partial charge is 0.497 e. The molecule has 0 spiro atoms. The molecule has 0 unspecified atom stereocenters. The van der Waals surface area contributed by atoms with Gasteiger partial charge in [0, 0.05) is 24.1 Å². The number of ether oxygens (including phenoxy) is 2. The lowest BCUT2D eigenvalue weighted by Crippen LogP contribution is -2.41. The second kappa shape index (κ2) is 7.22. The average molecular weight is 405 g/mol. The van der Waals surface area contributed by atoms with Crippen molar-refractivity contribution < 1.29 is 31.4 Å². The van der Waals surface area contributed by atoms with Gasteiger partial charge in [0.25, 0.3) is 0 Å². The summed E-state index contributed by atoms with van der Waals surface area (Å²) in [4.78, 5) is 11.3. The molecule has 0 amide bonds. The van der Waals surface area contributed by atoms with E-state index < -0.39 is 18.0 Å². The molecule has 0 saturated heterocycles. The highest BCUT2D eigenvalue weighted by molar-refractivity contribution is 7.98. The monoisotopic (exact) mass is 405 g/mol. The van der Waals surface area contributed by atoms with Gasteiger partial charge in [0.1, 0.15) is 11.5 Å². The number of imidazole rings is 1. The van der Waals surface area contributed by atoms with Crippen LogP contribution in [0.1, 0.15) is 5.69 Å². The fraction of sp³-hybridized carbons (Fsp3) is 0.250. The molecule has 0 aliphatic heterocycles. The van der Waals surface area contributed by atoms with Crippen molar-refractivity contribution in [1.29, 1.82) is 0 Å². The normalized spacial score (nSPS) is 12.4. The summed E-state index contributed by atoms with van der Waals surface area (Å²) in [6.07, 6.45) is -9.49. The number of nitrogens with one attached hydrogen (secondary N) is 1. The number of thioether (sulfide) groups is 1. The number of nitrogens with zero attached hydrogens (tertiary/aromatic N) is 2. The molecule has 2 heterocycles. The zero-order chi connectivity index (χ0) is 19.7. The van der Waals surface area contributed by atoms with Gasteiger partial charge in [0.2, 0.25) is 0 Å². The quantitative estimate of drug-likeness (QED) is 0.472. The Bertz CT molecular complexity index is 945. The van der Waals surface area contributed by atoms with Crippen LogP contribution in [0.15, 0.2) is 41.7 Å². The number of alkyl halides is 5. The van der Waals surface area contributed by atoms with Crippen LogP contribution in [0.2, 0.25) is 0 Å². The Labute approximate surface area is 153 Å². The Balaban J connectivity index is 1.74. The van der Waals surface area contributed by atoms with Crippen LogP contribution >= 0.6 is 11.8 Å². The number of methoxy groups -OCH3 is 1. The highest BCUT2D eigenvalue weighted by atomic mass is 32.2. The Morgan fingerprint density at radius 3 is 2.56 bits per heavy atom. The number of aromatic nitrogens is 3. The maximum absolute atomic E-state index is 13.0. The van der Waals surface area contributed by atoms with Crippen molar-refractivity contribution in [2.75, 3.05) is 7.11 Å². The molecule has 0 radical (unpaired) electrons. The molecule has 27 heavy (non-hydrogen) atoms. The molecule has 0 saturated carbocycles. The molecule has 5 nitrogen and oxygen atoms in total. The zero-order valence-electron chi connectivity index (χ0n) is 13.7. The second-order valence-corrected chi connectivity index (χ2v) is 6.28. The molecule has 3 aromatic rings. The number of H-pyrrole nitrogens is 1. The Morgan fingerprint density at radius 2 is 1.85 bits per heavy atom. The van der Waals surface area contributed by atoms with E-state index in [9.17, 15) is 22.0 Å². The van der Waals surface area contributed by atoms with E-state index in [0.29, 0.717) is 22.2 Å². The number of rotatable bonds is 6. The average Bonchev–Trinajstić information content (AvgIpc) is 3.01.